The van der Waals surface area contributed by atoms with Crippen LogP contribution in [0, 0.1) is 5.92 Å². The van der Waals surface area contributed by atoms with E-state index in [1.165, 1.54) is 0 Å². The van der Waals surface area contributed by atoms with Crippen molar-refractivity contribution < 1.29 is 22.7 Å². The number of alkyl halides is 3. The number of aryl methyl sites for hydroxylation is 2. The molecule has 1 aliphatic carbocycles. The van der Waals surface area contributed by atoms with Crippen LogP contribution in [0.4, 0.5) is 13.2 Å². The van der Waals surface area contributed by atoms with Gasteiger partial charge < -0.3 is 10.5 Å². The molecule has 2 N–H and O–H groups in total. The molecule has 0 bridgehead atoms. The van der Waals surface area contributed by atoms with Crippen LogP contribution in [0.15, 0.2) is 12.3 Å². The van der Waals surface area contributed by atoms with Crippen molar-refractivity contribution in [1.82, 2.24) is 14.8 Å². The van der Waals surface area contributed by atoms with Crippen molar-refractivity contribution in [3.63, 3.8) is 0 Å². The van der Waals surface area contributed by atoms with Gasteiger partial charge >= 0.3 is 6.18 Å². The number of nitrogens with two attached hydrogens (primary N) is 1. The Kier molecular flexibility index (Phi) is 5.26. The van der Waals surface area contributed by atoms with E-state index < -0.39 is 17.5 Å². The van der Waals surface area contributed by atoms with Gasteiger partial charge in [0.25, 0.3) is 0 Å². The maximum absolute atomic E-state index is 14.0. The van der Waals surface area contributed by atoms with Crippen molar-refractivity contribution >= 4 is 5.91 Å². The fourth-order valence-electron chi connectivity index (χ4n) is 4.44. The van der Waals surface area contributed by atoms with Crippen LogP contribution in [0.25, 0.3) is 0 Å². The van der Waals surface area contributed by atoms with Crippen molar-refractivity contribution in [2.45, 2.75) is 70.5 Å². The zero-order valence-electron chi connectivity index (χ0n) is 17.9. The summed E-state index contributed by atoms with van der Waals surface area (Å²) in [7, 11) is 0. The lowest BCUT2D eigenvalue weighted by Crippen LogP contribution is -2.39. The number of hydrogen-bond donors (Lipinski definition) is 1. The number of nitrogens with zero attached hydrogens (tertiary/aromatic N) is 3. The summed E-state index contributed by atoms with van der Waals surface area (Å²) < 4.78 is 49.6. The number of carbonyl (C=O) groups is 1. The second kappa shape index (κ2) is 7.53. The largest absolute Gasteiger partial charge is 0.478 e. The lowest BCUT2D eigenvalue weighted by atomic mass is 9.77. The Hall–Kier alpha value is -2.58. The van der Waals surface area contributed by atoms with Crippen molar-refractivity contribution in [2.24, 2.45) is 11.7 Å². The number of amides is 1. The molecule has 9 heteroatoms. The molecule has 6 nitrogen and oxygen atoms in total. The summed E-state index contributed by atoms with van der Waals surface area (Å²) in [5.41, 5.74) is 6.00. The minimum Gasteiger partial charge on any atom is -0.478 e. The number of ether oxygens (including phenoxy) is 1. The third-order valence-corrected chi connectivity index (χ3v) is 6.62. The maximum Gasteiger partial charge on any atom is 0.399 e. The molecule has 2 atom stereocenters. The number of rotatable bonds is 4. The van der Waals surface area contributed by atoms with Crippen LogP contribution in [-0.2, 0) is 29.6 Å². The monoisotopic (exact) mass is 436 g/mol. The van der Waals surface area contributed by atoms with Crippen LogP contribution in [0.2, 0.25) is 0 Å². The quantitative estimate of drug-likeness (QED) is 0.793. The number of hydrogen-bond acceptors (Lipinski definition) is 4. The molecule has 1 aliphatic heterocycles. The van der Waals surface area contributed by atoms with Crippen LogP contribution in [0.5, 0.6) is 5.88 Å². The molecule has 4 rings (SSSR count). The Morgan fingerprint density at radius 2 is 2.06 bits per heavy atom. The average Bonchev–Trinajstić information content (AvgIpc) is 3.15. The third kappa shape index (κ3) is 3.68. The number of carbonyl (C=O) groups excluding carboxylic acids is 1. The lowest BCUT2D eigenvalue weighted by Gasteiger charge is -2.33. The first-order chi connectivity index (χ1) is 14.5. The van der Waals surface area contributed by atoms with Gasteiger partial charge in [0, 0.05) is 36.1 Å². The van der Waals surface area contributed by atoms with Crippen molar-refractivity contribution in [3.05, 3.63) is 40.3 Å². The molecular formula is C22H27F3N4O2. The van der Waals surface area contributed by atoms with Crippen LogP contribution in [0.1, 0.15) is 67.6 Å². The highest BCUT2D eigenvalue weighted by molar-refractivity contribution is 5.77. The van der Waals surface area contributed by atoms with Gasteiger partial charge in [0.2, 0.25) is 11.8 Å². The molecule has 3 heterocycles. The highest BCUT2D eigenvalue weighted by Gasteiger charge is 2.51. The number of pyridine rings is 1. The second-order valence-electron chi connectivity index (χ2n) is 9.05. The Bertz CT molecular complexity index is 1010. The van der Waals surface area contributed by atoms with E-state index in [1.54, 1.807) is 16.9 Å². The predicted octanol–water partition coefficient (Wildman–Crippen LogP) is 3.64. The number of aromatic nitrogens is 3. The minimum absolute atomic E-state index is 0.0135. The highest BCUT2D eigenvalue weighted by atomic mass is 19.4. The Balaban J connectivity index is 1.86. The molecule has 31 heavy (non-hydrogen) atoms. The van der Waals surface area contributed by atoms with Gasteiger partial charge in [0.15, 0.2) is 0 Å². The summed E-state index contributed by atoms with van der Waals surface area (Å²) in [6.45, 7) is 5.44. The number of fused-ring (bicyclic) bond motifs is 2. The van der Waals surface area contributed by atoms with E-state index in [0.717, 1.165) is 31.4 Å². The molecule has 0 radical (unpaired) electrons. The van der Waals surface area contributed by atoms with Crippen LogP contribution < -0.4 is 10.5 Å². The third-order valence-electron chi connectivity index (χ3n) is 6.62. The van der Waals surface area contributed by atoms with E-state index in [4.69, 9.17) is 10.5 Å². The van der Waals surface area contributed by atoms with Gasteiger partial charge in [-0.15, -0.1) is 0 Å². The molecule has 0 fully saturated rings. The fraction of sp³-hybridized carbons (Fsp3) is 0.591. The topological polar surface area (TPSA) is 83.0 Å². The summed E-state index contributed by atoms with van der Waals surface area (Å²) in [5, 5.41) is 4.35. The molecule has 2 aliphatic rings. The molecule has 0 aromatic carbocycles. The van der Waals surface area contributed by atoms with Gasteiger partial charge in [-0.05, 0) is 44.2 Å². The number of primary amides is 1. The molecule has 0 spiro atoms. The summed E-state index contributed by atoms with van der Waals surface area (Å²) >= 11 is 0. The highest BCUT2D eigenvalue weighted by Crippen LogP contribution is 2.45. The van der Waals surface area contributed by atoms with Gasteiger partial charge in [-0.25, -0.2) is 4.68 Å². The van der Waals surface area contributed by atoms with Gasteiger partial charge in [-0.1, -0.05) is 13.0 Å². The normalized spacial score (nSPS) is 19.9. The zero-order valence-corrected chi connectivity index (χ0v) is 17.9. The smallest absolute Gasteiger partial charge is 0.399 e. The van der Waals surface area contributed by atoms with Crippen LogP contribution in [0.3, 0.4) is 0 Å². The first-order valence-electron chi connectivity index (χ1n) is 10.6. The standard InChI is InChI=1S/C22H27F3N4O2/c1-12(16-11-27-29-7-4-8-31-20(16)29)15-10-14-9-13(19(26)30)5-6-17(14)28-18(15)21(2,3)22(23,24)25/h10-13H,4-9H2,1-3H3,(H2,26,30)/t12-,13?/m1/s1. The van der Waals surface area contributed by atoms with Gasteiger partial charge in [0.1, 0.15) is 5.41 Å². The molecule has 0 saturated heterocycles. The van der Waals surface area contributed by atoms with Crippen LogP contribution in [-0.4, -0.2) is 33.5 Å². The van der Waals surface area contributed by atoms with Crippen molar-refractivity contribution in [2.75, 3.05) is 6.61 Å². The maximum atomic E-state index is 14.0. The zero-order chi connectivity index (χ0) is 22.6. The lowest BCUT2D eigenvalue weighted by molar-refractivity contribution is -0.181. The van der Waals surface area contributed by atoms with E-state index in [9.17, 15) is 18.0 Å². The van der Waals surface area contributed by atoms with E-state index >= 15 is 0 Å². The SMILES string of the molecule is C[C@H](c1cc2c(nc1C(C)(C)C(F)(F)F)CCC(C(N)=O)C2)c1cnn2c1OCCC2. The first kappa shape index (κ1) is 21.6. The second-order valence-corrected chi connectivity index (χ2v) is 9.05. The number of halogens is 3. The molecule has 1 unspecified atom stereocenters. The Morgan fingerprint density at radius 3 is 2.74 bits per heavy atom. The van der Waals surface area contributed by atoms with Crippen molar-refractivity contribution in [1.29, 1.82) is 0 Å². The molecule has 2 aromatic heterocycles. The Morgan fingerprint density at radius 1 is 1.32 bits per heavy atom. The predicted molar refractivity (Wildman–Crippen MR) is 108 cm³/mol. The molecular weight excluding hydrogens is 409 g/mol. The summed E-state index contributed by atoms with van der Waals surface area (Å²) in [4.78, 5) is 16.3. The fourth-order valence-corrected chi connectivity index (χ4v) is 4.44. The van der Waals surface area contributed by atoms with Gasteiger partial charge in [-0.3, -0.25) is 9.78 Å². The van der Waals surface area contributed by atoms with E-state index in [2.05, 4.69) is 10.1 Å². The van der Waals surface area contributed by atoms with Gasteiger partial charge in [-0.2, -0.15) is 18.3 Å². The van der Waals surface area contributed by atoms with E-state index in [-0.39, 0.29) is 17.5 Å². The minimum atomic E-state index is -4.47. The first-order valence-corrected chi connectivity index (χ1v) is 10.6. The van der Waals surface area contributed by atoms with Crippen LogP contribution >= 0.6 is 0 Å². The van der Waals surface area contributed by atoms with Gasteiger partial charge in [0.05, 0.1) is 18.5 Å². The summed E-state index contributed by atoms with van der Waals surface area (Å²) in [6, 6.07) is 1.79. The van der Waals surface area contributed by atoms with E-state index in [0.29, 0.717) is 49.6 Å². The molecule has 168 valence electrons. The molecule has 1 amide bonds. The summed E-state index contributed by atoms with van der Waals surface area (Å²) in [6.07, 6.45) is -0.633. The molecule has 2 aromatic rings. The Labute approximate surface area is 179 Å². The average molecular weight is 436 g/mol. The van der Waals surface area contributed by atoms with Crippen molar-refractivity contribution in [3.8, 4) is 5.88 Å². The summed E-state index contributed by atoms with van der Waals surface area (Å²) in [5.74, 6) is -0.530. The van der Waals surface area contributed by atoms with E-state index in [1.807, 2.05) is 6.92 Å². The molecule has 0 saturated carbocycles.